The van der Waals surface area contributed by atoms with Gasteiger partial charge >= 0.3 is 0 Å². The number of nitrogens with zero attached hydrogens (tertiary/aromatic N) is 5. The predicted molar refractivity (Wildman–Crippen MR) is 221 cm³/mol. The molecule has 0 saturated carbocycles. The molecular formula is C47H37N5O. The summed E-state index contributed by atoms with van der Waals surface area (Å²) in [5.41, 5.74) is 9.66. The van der Waals surface area contributed by atoms with Gasteiger partial charge in [-0.25, -0.2) is 4.98 Å². The van der Waals surface area contributed by atoms with E-state index in [1.807, 2.05) is 48.7 Å². The van der Waals surface area contributed by atoms with Gasteiger partial charge in [-0.1, -0.05) is 81.4 Å². The molecule has 0 atom stereocenters. The molecule has 5 heterocycles. The third-order valence-corrected chi connectivity index (χ3v) is 11.0. The second-order valence-corrected chi connectivity index (χ2v) is 15.2. The molecule has 0 spiro atoms. The van der Waals surface area contributed by atoms with Gasteiger partial charge in [0.25, 0.3) is 0 Å². The summed E-state index contributed by atoms with van der Waals surface area (Å²) >= 11 is 0. The standard InChI is InChI=1S/C47H37N5O/c1-47(2,3)29-24-30(50-28-49(4)40-18-7-8-19-41(40)50)26-32(25-29)53-31-21-22-34-36-15-10-20-42-45(36)52(43(34)27-31)46-38(16-11-23-48-46)37-14-9-13-35-33-12-5-6-17-39(33)51(42)44(35)37/h5-27H,28H2,1-4H3/i4D3. The van der Waals surface area contributed by atoms with Gasteiger partial charge in [0.1, 0.15) is 17.1 Å². The smallest absolute Gasteiger partial charge is 0.145 e. The zero-order chi connectivity index (χ0) is 38.1. The highest BCUT2D eigenvalue weighted by Crippen LogP contribution is 2.44. The lowest BCUT2D eigenvalue weighted by molar-refractivity contribution is 0.479. The molecule has 0 amide bonds. The Bertz CT molecular complexity index is 3260. The molecule has 53 heavy (non-hydrogen) atoms. The van der Waals surface area contributed by atoms with Gasteiger partial charge in [0.2, 0.25) is 0 Å². The highest BCUT2D eigenvalue weighted by Gasteiger charge is 2.27. The van der Waals surface area contributed by atoms with E-state index in [1.54, 1.807) is 0 Å². The van der Waals surface area contributed by atoms with E-state index in [0.29, 0.717) is 17.2 Å². The van der Waals surface area contributed by atoms with Crippen LogP contribution in [0.5, 0.6) is 11.5 Å². The quantitative estimate of drug-likeness (QED) is 0.185. The lowest BCUT2D eigenvalue weighted by Gasteiger charge is -2.25. The maximum absolute atomic E-state index is 8.26. The molecule has 0 aliphatic carbocycles. The number of aromatic nitrogens is 3. The van der Waals surface area contributed by atoms with Gasteiger partial charge in [-0.15, -0.1) is 0 Å². The molecule has 6 nitrogen and oxygen atoms in total. The summed E-state index contributed by atoms with van der Waals surface area (Å²) in [5.74, 6) is 1.37. The Morgan fingerprint density at radius 1 is 0.585 bits per heavy atom. The van der Waals surface area contributed by atoms with Crippen LogP contribution >= 0.6 is 0 Å². The predicted octanol–water partition coefficient (Wildman–Crippen LogP) is 12.0. The summed E-state index contributed by atoms with van der Waals surface area (Å²) in [4.78, 5) is 8.64. The fourth-order valence-corrected chi connectivity index (χ4v) is 8.57. The Kier molecular flexibility index (Phi) is 5.51. The van der Waals surface area contributed by atoms with Crippen LogP contribution in [0.1, 0.15) is 30.4 Å². The van der Waals surface area contributed by atoms with E-state index in [0.717, 1.165) is 66.2 Å². The van der Waals surface area contributed by atoms with Crippen LogP contribution in [-0.2, 0) is 5.41 Å². The number of anilines is 3. The molecule has 256 valence electrons. The summed E-state index contributed by atoms with van der Waals surface area (Å²) in [5, 5.41) is 6.85. The van der Waals surface area contributed by atoms with E-state index in [9.17, 15) is 0 Å². The number of fused-ring (bicyclic) bond motifs is 11. The zero-order valence-corrected chi connectivity index (χ0v) is 29.6. The Morgan fingerprint density at radius 3 is 2.13 bits per heavy atom. The number of pyridine rings is 1. The van der Waals surface area contributed by atoms with Gasteiger partial charge in [-0.3, -0.25) is 4.40 Å². The Balaban J connectivity index is 1.15. The van der Waals surface area contributed by atoms with E-state index in [1.165, 1.54) is 21.2 Å². The van der Waals surface area contributed by atoms with Crippen LogP contribution in [0.4, 0.5) is 17.1 Å². The number of para-hydroxylation sites is 5. The Hall–Kier alpha value is -6.53. The van der Waals surface area contributed by atoms with Crippen molar-refractivity contribution in [3.8, 4) is 11.5 Å². The fourth-order valence-electron chi connectivity index (χ4n) is 8.57. The maximum Gasteiger partial charge on any atom is 0.145 e. The van der Waals surface area contributed by atoms with Crippen molar-refractivity contribution >= 4 is 82.6 Å². The van der Waals surface area contributed by atoms with Crippen LogP contribution in [-0.4, -0.2) is 27.4 Å². The van der Waals surface area contributed by atoms with Gasteiger partial charge in [0, 0.05) is 67.4 Å². The molecule has 1 aliphatic rings. The average molecular weight is 691 g/mol. The van der Waals surface area contributed by atoms with Crippen molar-refractivity contribution < 1.29 is 8.85 Å². The van der Waals surface area contributed by atoms with E-state index in [4.69, 9.17) is 13.8 Å². The molecule has 6 aromatic carbocycles. The number of hydrogen-bond acceptors (Lipinski definition) is 4. The van der Waals surface area contributed by atoms with E-state index in [-0.39, 0.29) is 12.1 Å². The number of rotatable bonds is 3. The van der Waals surface area contributed by atoms with Crippen LogP contribution in [0.2, 0.25) is 0 Å². The average Bonchev–Trinajstić information content (AvgIpc) is 3.85. The normalized spacial score (nSPS) is 14.6. The molecule has 6 heteroatoms. The van der Waals surface area contributed by atoms with Crippen LogP contribution in [0.15, 0.2) is 140 Å². The molecule has 0 radical (unpaired) electrons. The molecular weight excluding hydrogens is 651 g/mol. The molecule has 0 unspecified atom stereocenters. The molecule has 0 bridgehead atoms. The first kappa shape index (κ1) is 27.2. The topological polar surface area (TPSA) is 37.4 Å². The van der Waals surface area contributed by atoms with E-state index >= 15 is 0 Å². The van der Waals surface area contributed by atoms with Crippen molar-refractivity contribution in [1.29, 1.82) is 0 Å². The summed E-state index contributed by atoms with van der Waals surface area (Å²) in [6, 6.07) is 46.3. The van der Waals surface area contributed by atoms with Crippen molar-refractivity contribution in [3.63, 3.8) is 0 Å². The summed E-state index contributed by atoms with van der Waals surface area (Å²) < 4.78 is 36.4. The third kappa shape index (κ3) is 4.29. The molecule has 4 aromatic heterocycles. The van der Waals surface area contributed by atoms with Gasteiger partial charge in [0.05, 0.1) is 45.6 Å². The van der Waals surface area contributed by atoms with Gasteiger partial charge in [0.15, 0.2) is 0 Å². The molecule has 0 N–H and O–H groups in total. The highest BCUT2D eigenvalue weighted by molar-refractivity contribution is 6.23. The lowest BCUT2D eigenvalue weighted by Crippen LogP contribution is -2.24. The Labute approximate surface area is 310 Å². The van der Waals surface area contributed by atoms with Crippen molar-refractivity contribution in [2.24, 2.45) is 0 Å². The van der Waals surface area contributed by atoms with Crippen LogP contribution in [0, 0.1) is 0 Å². The first-order chi connectivity index (χ1) is 27.0. The summed E-state index contributed by atoms with van der Waals surface area (Å²) in [6.45, 7) is 4.46. The minimum Gasteiger partial charge on any atom is -0.457 e. The first-order valence-electron chi connectivity index (χ1n) is 19.6. The minimum atomic E-state index is -2.28. The first-order valence-corrected chi connectivity index (χ1v) is 18.1. The van der Waals surface area contributed by atoms with Crippen molar-refractivity contribution in [2.75, 3.05) is 23.4 Å². The fraction of sp³-hybridized carbons (Fsp3) is 0.128. The lowest BCUT2D eigenvalue weighted by atomic mass is 9.86. The van der Waals surface area contributed by atoms with E-state index < -0.39 is 6.98 Å². The zero-order valence-electron chi connectivity index (χ0n) is 32.6. The largest absolute Gasteiger partial charge is 0.457 e. The molecule has 11 rings (SSSR count). The third-order valence-electron chi connectivity index (χ3n) is 11.0. The summed E-state index contributed by atoms with van der Waals surface area (Å²) in [7, 11) is 0. The Morgan fingerprint density at radius 2 is 1.28 bits per heavy atom. The van der Waals surface area contributed by atoms with Crippen LogP contribution in [0.3, 0.4) is 0 Å². The molecule has 0 fully saturated rings. The van der Waals surface area contributed by atoms with Crippen molar-refractivity contribution in [2.45, 2.75) is 26.2 Å². The number of benzene rings is 6. The molecule has 0 saturated heterocycles. The monoisotopic (exact) mass is 690 g/mol. The summed E-state index contributed by atoms with van der Waals surface area (Å²) in [6.07, 6.45) is 1.88. The molecule has 10 aromatic rings. The second kappa shape index (κ2) is 10.7. The maximum atomic E-state index is 8.26. The highest BCUT2D eigenvalue weighted by atomic mass is 16.5. The SMILES string of the molecule is [2H]C([2H])([2H])N1CN(c2cc(Oc3ccc4c5cccc6c5n(c4c3)c3ncccc3c3cccc4c5ccccc5n6c43)cc(C(C)(C)C)c2)c2ccccc21. The molecule has 1 aliphatic heterocycles. The van der Waals surface area contributed by atoms with Crippen LogP contribution in [0.25, 0.3) is 65.5 Å². The number of hydrogen-bond donors (Lipinski definition) is 0. The van der Waals surface area contributed by atoms with Gasteiger partial charge < -0.3 is 18.9 Å². The van der Waals surface area contributed by atoms with Gasteiger partial charge in [-0.2, -0.15) is 0 Å². The van der Waals surface area contributed by atoms with Crippen molar-refractivity contribution in [1.82, 2.24) is 13.8 Å². The second-order valence-electron chi connectivity index (χ2n) is 15.2. The van der Waals surface area contributed by atoms with Crippen molar-refractivity contribution in [3.05, 3.63) is 145 Å². The van der Waals surface area contributed by atoms with Gasteiger partial charge in [-0.05, 0) is 71.6 Å². The minimum absolute atomic E-state index is 0.197. The number of ether oxygens (including phenoxy) is 1. The van der Waals surface area contributed by atoms with Crippen LogP contribution < -0.4 is 14.5 Å². The van der Waals surface area contributed by atoms with E-state index in [2.05, 4.69) is 125 Å².